The lowest BCUT2D eigenvalue weighted by atomic mass is 9.86. The molecular weight excluding hydrogens is 408 g/mol. The SMILES string of the molecule is O=C(c1ccc(=O)n(Cc2ccccc2Cl)c1)N(C1CC1)C1CCCc2ccccc21. The van der Waals surface area contributed by atoms with Gasteiger partial charge in [0, 0.05) is 23.3 Å². The summed E-state index contributed by atoms with van der Waals surface area (Å²) in [5.41, 5.74) is 3.90. The van der Waals surface area contributed by atoms with Crippen LogP contribution in [0.4, 0.5) is 0 Å². The quantitative estimate of drug-likeness (QED) is 0.553. The van der Waals surface area contributed by atoms with Crippen LogP contribution in [0.25, 0.3) is 0 Å². The van der Waals surface area contributed by atoms with Gasteiger partial charge < -0.3 is 9.47 Å². The molecule has 0 N–H and O–H groups in total. The minimum atomic E-state index is -0.141. The van der Waals surface area contributed by atoms with Crippen molar-refractivity contribution in [2.24, 2.45) is 0 Å². The van der Waals surface area contributed by atoms with Gasteiger partial charge in [0.1, 0.15) is 0 Å². The molecule has 0 radical (unpaired) electrons. The second kappa shape index (κ2) is 8.35. The zero-order valence-corrected chi connectivity index (χ0v) is 18.1. The number of rotatable bonds is 5. The van der Waals surface area contributed by atoms with Gasteiger partial charge in [0.05, 0.1) is 18.2 Å². The molecule has 1 unspecified atom stereocenters. The second-order valence-corrected chi connectivity index (χ2v) is 8.93. The zero-order valence-electron chi connectivity index (χ0n) is 17.3. The van der Waals surface area contributed by atoms with Gasteiger partial charge in [-0.25, -0.2) is 0 Å². The molecule has 1 aromatic heterocycles. The number of hydrogen-bond acceptors (Lipinski definition) is 2. The van der Waals surface area contributed by atoms with Crippen molar-refractivity contribution in [1.29, 1.82) is 0 Å². The zero-order chi connectivity index (χ0) is 21.4. The molecule has 158 valence electrons. The number of pyridine rings is 1. The molecule has 0 saturated heterocycles. The van der Waals surface area contributed by atoms with Gasteiger partial charge >= 0.3 is 0 Å². The molecule has 31 heavy (non-hydrogen) atoms. The number of carbonyl (C=O) groups is 1. The monoisotopic (exact) mass is 432 g/mol. The van der Waals surface area contributed by atoms with E-state index in [4.69, 9.17) is 11.6 Å². The average Bonchev–Trinajstić information content (AvgIpc) is 3.62. The van der Waals surface area contributed by atoms with Crippen LogP contribution in [-0.4, -0.2) is 21.4 Å². The predicted octanol–water partition coefficient (Wildman–Crippen LogP) is 5.23. The predicted molar refractivity (Wildman–Crippen MR) is 123 cm³/mol. The summed E-state index contributed by atoms with van der Waals surface area (Å²) in [6.07, 6.45) is 6.93. The van der Waals surface area contributed by atoms with E-state index in [-0.39, 0.29) is 23.6 Å². The topological polar surface area (TPSA) is 42.3 Å². The third kappa shape index (κ3) is 4.05. The fourth-order valence-electron chi connectivity index (χ4n) is 4.67. The summed E-state index contributed by atoms with van der Waals surface area (Å²) in [6.45, 7) is 0.343. The maximum atomic E-state index is 13.7. The summed E-state index contributed by atoms with van der Waals surface area (Å²) >= 11 is 6.29. The van der Waals surface area contributed by atoms with Crippen LogP contribution in [0.1, 0.15) is 58.8 Å². The Labute approximate surface area is 187 Å². The van der Waals surface area contributed by atoms with E-state index >= 15 is 0 Å². The maximum absolute atomic E-state index is 13.7. The van der Waals surface area contributed by atoms with E-state index in [2.05, 4.69) is 29.2 Å². The molecule has 5 rings (SSSR count). The Morgan fingerprint density at radius 3 is 2.58 bits per heavy atom. The highest BCUT2D eigenvalue weighted by Gasteiger charge is 2.39. The van der Waals surface area contributed by atoms with Crippen molar-refractivity contribution in [3.8, 4) is 0 Å². The first-order valence-electron chi connectivity index (χ1n) is 11.0. The van der Waals surface area contributed by atoms with Crippen LogP contribution in [0.5, 0.6) is 0 Å². The smallest absolute Gasteiger partial charge is 0.256 e. The molecule has 2 aromatic carbocycles. The Bertz CT molecular complexity index is 1180. The van der Waals surface area contributed by atoms with Crippen molar-refractivity contribution >= 4 is 17.5 Å². The van der Waals surface area contributed by atoms with E-state index in [0.717, 1.165) is 37.7 Å². The molecule has 1 atom stereocenters. The maximum Gasteiger partial charge on any atom is 0.256 e. The fourth-order valence-corrected chi connectivity index (χ4v) is 4.87. The minimum Gasteiger partial charge on any atom is -0.329 e. The van der Waals surface area contributed by atoms with Crippen LogP contribution in [0.2, 0.25) is 5.02 Å². The van der Waals surface area contributed by atoms with Crippen LogP contribution < -0.4 is 5.56 Å². The summed E-state index contributed by atoms with van der Waals surface area (Å²) in [7, 11) is 0. The number of aryl methyl sites for hydroxylation is 1. The Hall–Kier alpha value is -2.85. The van der Waals surface area contributed by atoms with E-state index in [0.29, 0.717) is 17.1 Å². The van der Waals surface area contributed by atoms with Crippen LogP contribution in [-0.2, 0) is 13.0 Å². The highest BCUT2D eigenvalue weighted by molar-refractivity contribution is 6.31. The summed E-state index contributed by atoms with van der Waals surface area (Å²) in [5.74, 6) is 0.0112. The molecule has 2 aliphatic rings. The lowest BCUT2D eigenvalue weighted by Crippen LogP contribution is -2.39. The number of hydrogen-bond donors (Lipinski definition) is 0. The van der Waals surface area contributed by atoms with Crippen molar-refractivity contribution in [2.75, 3.05) is 0 Å². The second-order valence-electron chi connectivity index (χ2n) is 8.53. The Balaban J connectivity index is 1.48. The van der Waals surface area contributed by atoms with Crippen molar-refractivity contribution in [2.45, 2.75) is 50.7 Å². The molecule has 2 aliphatic carbocycles. The van der Waals surface area contributed by atoms with Crippen LogP contribution >= 0.6 is 11.6 Å². The molecule has 1 saturated carbocycles. The number of aromatic nitrogens is 1. The number of nitrogens with zero attached hydrogens (tertiary/aromatic N) is 2. The molecule has 0 bridgehead atoms. The molecule has 5 heteroatoms. The van der Waals surface area contributed by atoms with Gasteiger partial charge in [-0.15, -0.1) is 0 Å². The molecule has 1 fully saturated rings. The van der Waals surface area contributed by atoms with E-state index in [1.165, 1.54) is 17.2 Å². The van der Waals surface area contributed by atoms with Crippen LogP contribution in [0.15, 0.2) is 71.7 Å². The fraction of sp³-hybridized carbons (Fsp3) is 0.308. The van der Waals surface area contributed by atoms with Crippen molar-refractivity contribution in [1.82, 2.24) is 9.47 Å². The number of amides is 1. The Morgan fingerprint density at radius 1 is 1.00 bits per heavy atom. The first kappa shape index (κ1) is 20.1. The van der Waals surface area contributed by atoms with Gasteiger partial charge in [-0.05, 0) is 60.9 Å². The summed E-state index contributed by atoms with van der Waals surface area (Å²) in [5, 5.41) is 0.615. The summed E-state index contributed by atoms with van der Waals surface area (Å²) in [4.78, 5) is 28.3. The molecule has 1 amide bonds. The Kier molecular flexibility index (Phi) is 5.41. The largest absolute Gasteiger partial charge is 0.329 e. The lowest BCUT2D eigenvalue weighted by molar-refractivity contribution is 0.0637. The number of halogens is 1. The number of carbonyl (C=O) groups excluding carboxylic acids is 1. The lowest BCUT2D eigenvalue weighted by Gasteiger charge is -2.36. The van der Waals surface area contributed by atoms with E-state index in [9.17, 15) is 9.59 Å². The van der Waals surface area contributed by atoms with E-state index < -0.39 is 0 Å². The van der Waals surface area contributed by atoms with Gasteiger partial charge in [-0.2, -0.15) is 0 Å². The molecule has 1 heterocycles. The van der Waals surface area contributed by atoms with Crippen molar-refractivity contribution in [3.63, 3.8) is 0 Å². The highest BCUT2D eigenvalue weighted by atomic mass is 35.5. The molecular formula is C26H25ClN2O2. The van der Waals surface area contributed by atoms with Gasteiger partial charge in [-0.3, -0.25) is 9.59 Å². The summed E-state index contributed by atoms with van der Waals surface area (Å²) < 4.78 is 1.58. The van der Waals surface area contributed by atoms with Crippen molar-refractivity contribution < 1.29 is 4.79 Å². The number of fused-ring (bicyclic) bond motifs is 1. The van der Waals surface area contributed by atoms with Crippen molar-refractivity contribution in [3.05, 3.63) is 104 Å². The first-order chi connectivity index (χ1) is 15.1. The first-order valence-corrected chi connectivity index (χ1v) is 11.3. The van der Waals surface area contributed by atoms with Gasteiger partial charge in [0.25, 0.3) is 11.5 Å². The van der Waals surface area contributed by atoms with Crippen LogP contribution in [0.3, 0.4) is 0 Å². The molecule has 3 aromatic rings. The average molecular weight is 433 g/mol. The van der Waals surface area contributed by atoms with Gasteiger partial charge in [0.2, 0.25) is 0 Å². The van der Waals surface area contributed by atoms with Crippen LogP contribution in [0, 0.1) is 0 Å². The third-order valence-electron chi connectivity index (χ3n) is 6.38. The Morgan fingerprint density at radius 2 is 1.77 bits per heavy atom. The van der Waals surface area contributed by atoms with Gasteiger partial charge in [-0.1, -0.05) is 54.1 Å². The number of benzene rings is 2. The van der Waals surface area contributed by atoms with Gasteiger partial charge in [0.15, 0.2) is 0 Å². The molecule has 4 nitrogen and oxygen atoms in total. The minimum absolute atomic E-state index is 0.0112. The summed E-state index contributed by atoms with van der Waals surface area (Å²) in [6, 6.07) is 19.5. The standard InChI is InChI=1S/C26H25ClN2O2/c27-23-10-4-2-7-19(23)16-28-17-20(12-15-25(28)30)26(31)29(21-13-14-21)24-11-5-8-18-6-1-3-9-22(18)24/h1-4,6-7,9-10,12,15,17,21,24H,5,8,11,13-14,16H2. The molecule has 0 aliphatic heterocycles. The normalized spacial score (nSPS) is 17.8. The highest BCUT2D eigenvalue weighted by Crippen LogP contribution is 2.41. The van der Waals surface area contributed by atoms with E-state index in [1.54, 1.807) is 16.8 Å². The molecule has 0 spiro atoms. The third-order valence-corrected chi connectivity index (χ3v) is 6.75. The van der Waals surface area contributed by atoms with E-state index in [1.807, 2.05) is 24.3 Å².